The summed E-state index contributed by atoms with van der Waals surface area (Å²) in [6.07, 6.45) is 0.778. The zero-order chi connectivity index (χ0) is 21.3. The highest BCUT2D eigenvalue weighted by atomic mass is 127. The van der Waals surface area contributed by atoms with Gasteiger partial charge >= 0.3 is 0 Å². The number of aliphatic imine (C=N–C) groups is 1. The number of benzene rings is 2. The van der Waals surface area contributed by atoms with Crippen LogP contribution in [-0.2, 0) is 11.2 Å². The number of guanidine groups is 1. The largest absolute Gasteiger partial charge is 0.366 e. The van der Waals surface area contributed by atoms with E-state index < -0.39 is 11.6 Å². The minimum absolute atomic E-state index is 0. The number of amides is 1. The lowest BCUT2D eigenvalue weighted by molar-refractivity contribution is -0.120. The third-order valence-electron chi connectivity index (χ3n) is 5.03. The third-order valence-corrected chi connectivity index (χ3v) is 5.03. The monoisotopic (exact) mass is 543 g/mol. The number of piperazine rings is 1. The van der Waals surface area contributed by atoms with E-state index in [4.69, 9.17) is 0 Å². The molecule has 1 heterocycles. The van der Waals surface area contributed by atoms with Gasteiger partial charge in [0.25, 0.3) is 0 Å². The zero-order valence-electron chi connectivity index (χ0n) is 17.5. The molecule has 1 aliphatic rings. The molecule has 2 N–H and O–H groups in total. The molecular formula is C22H28F2IN5O. The van der Waals surface area contributed by atoms with Gasteiger partial charge in [-0.1, -0.05) is 30.3 Å². The van der Waals surface area contributed by atoms with E-state index >= 15 is 0 Å². The van der Waals surface area contributed by atoms with Crippen molar-refractivity contribution in [2.24, 2.45) is 4.99 Å². The van der Waals surface area contributed by atoms with Gasteiger partial charge in [-0.05, 0) is 24.1 Å². The SMILES string of the molecule is CN=C(NCC(=O)NCCc1ccccc1)N1CCN(c2cc(F)ccc2F)CC1.I. The summed E-state index contributed by atoms with van der Waals surface area (Å²) in [7, 11) is 1.66. The Labute approximate surface area is 198 Å². The highest BCUT2D eigenvalue weighted by molar-refractivity contribution is 14.0. The first-order valence-electron chi connectivity index (χ1n) is 10.0. The molecule has 31 heavy (non-hydrogen) atoms. The molecule has 0 unspecified atom stereocenters. The van der Waals surface area contributed by atoms with E-state index in [1.807, 2.05) is 40.1 Å². The summed E-state index contributed by atoms with van der Waals surface area (Å²) in [5.41, 5.74) is 1.45. The number of anilines is 1. The highest BCUT2D eigenvalue weighted by Crippen LogP contribution is 2.21. The fraction of sp³-hybridized carbons (Fsp3) is 0.364. The van der Waals surface area contributed by atoms with Gasteiger partial charge < -0.3 is 20.4 Å². The fourth-order valence-corrected chi connectivity index (χ4v) is 3.43. The van der Waals surface area contributed by atoms with Crippen LogP contribution in [0.3, 0.4) is 0 Å². The van der Waals surface area contributed by atoms with Gasteiger partial charge in [0, 0.05) is 45.8 Å². The number of nitrogens with zero attached hydrogens (tertiary/aromatic N) is 3. The molecule has 0 aromatic heterocycles. The van der Waals surface area contributed by atoms with E-state index in [9.17, 15) is 13.6 Å². The van der Waals surface area contributed by atoms with E-state index in [-0.39, 0.29) is 42.1 Å². The Bertz CT molecular complexity index is 873. The molecule has 0 bridgehead atoms. The van der Waals surface area contributed by atoms with Gasteiger partial charge in [0.05, 0.1) is 12.2 Å². The van der Waals surface area contributed by atoms with Crippen molar-refractivity contribution in [1.29, 1.82) is 0 Å². The summed E-state index contributed by atoms with van der Waals surface area (Å²) in [5, 5.41) is 5.97. The summed E-state index contributed by atoms with van der Waals surface area (Å²) in [6.45, 7) is 2.94. The maximum absolute atomic E-state index is 14.0. The predicted molar refractivity (Wildman–Crippen MR) is 130 cm³/mol. The average molecular weight is 543 g/mol. The Kier molecular flexibility index (Phi) is 9.96. The van der Waals surface area contributed by atoms with Crippen LogP contribution in [0, 0.1) is 11.6 Å². The molecule has 1 saturated heterocycles. The van der Waals surface area contributed by atoms with Gasteiger partial charge in [-0.3, -0.25) is 9.79 Å². The molecule has 1 fully saturated rings. The lowest BCUT2D eigenvalue weighted by Gasteiger charge is -2.37. The van der Waals surface area contributed by atoms with Gasteiger partial charge in [0.2, 0.25) is 5.91 Å². The lowest BCUT2D eigenvalue weighted by atomic mass is 10.1. The van der Waals surface area contributed by atoms with Gasteiger partial charge in [-0.25, -0.2) is 8.78 Å². The van der Waals surface area contributed by atoms with Crippen LogP contribution in [0.1, 0.15) is 5.56 Å². The molecule has 0 spiro atoms. The van der Waals surface area contributed by atoms with Gasteiger partial charge in [-0.2, -0.15) is 0 Å². The van der Waals surface area contributed by atoms with Crippen molar-refractivity contribution in [3.05, 3.63) is 65.7 Å². The zero-order valence-corrected chi connectivity index (χ0v) is 19.8. The Morgan fingerprint density at radius 2 is 1.74 bits per heavy atom. The van der Waals surface area contributed by atoms with Crippen molar-refractivity contribution >= 4 is 41.5 Å². The second-order valence-electron chi connectivity index (χ2n) is 7.06. The molecule has 0 saturated carbocycles. The Hall–Kier alpha value is -2.43. The highest BCUT2D eigenvalue weighted by Gasteiger charge is 2.22. The van der Waals surface area contributed by atoms with Crippen LogP contribution in [-0.4, -0.2) is 63.1 Å². The standard InChI is InChI=1S/C22H27F2N5O.HI/c1-25-22(27-16-21(30)26-10-9-17-5-3-2-4-6-17)29-13-11-28(12-14-29)20-15-18(23)7-8-19(20)24;/h2-8,15H,9-14,16H2,1H3,(H,25,27)(H,26,30);1H. The summed E-state index contributed by atoms with van der Waals surface area (Å²) in [5.74, 6) is -0.371. The number of nitrogens with one attached hydrogen (secondary N) is 2. The summed E-state index contributed by atoms with van der Waals surface area (Å²) < 4.78 is 27.4. The van der Waals surface area contributed by atoms with Crippen LogP contribution in [0.15, 0.2) is 53.5 Å². The number of hydrogen-bond acceptors (Lipinski definition) is 3. The molecule has 1 amide bonds. The second kappa shape index (κ2) is 12.4. The van der Waals surface area contributed by atoms with Crippen molar-refractivity contribution in [2.45, 2.75) is 6.42 Å². The maximum atomic E-state index is 14.0. The van der Waals surface area contributed by atoms with Gasteiger partial charge in [0.1, 0.15) is 11.6 Å². The van der Waals surface area contributed by atoms with Crippen LogP contribution in [0.4, 0.5) is 14.5 Å². The van der Waals surface area contributed by atoms with E-state index in [1.165, 1.54) is 11.6 Å². The van der Waals surface area contributed by atoms with E-state index in [0.29, 0.717) is 38.7 Å². The van der Waals surface area contributed by atoms with Crippen LogP contribution >= 0.6 is 24.0 Å². The minimum atomic E-state index is -0.454. The minimum Gasteiger partial charge on any atom is -0.366 e. The number of halogens is 3. The lowest BCUT2D eigenvalue weighted by Crippen LogP contribution is -2.54. The summed E-state index contributed by atoms with van der Waals surface area (Å²) >= 11 is 0. The molecule has 9 heteroatoms. The van der Waals surface area contributed by atoms with Crippen LogP contribution in [0.5, 0.6) is 0 Å². The smallest absolute Gasteiger partial charge is 0.239 e. The number of rotatable bonds is 6. The van der Waals surface area contributed by atoms with Crippen LogP contribution in [0.2, 0.25) is 0 Å². The van der Waals surface area contributed by atoms with Crippen molar-refractivity contribution in [3.8, 4) is 0 Å². The molecular weight excluding hydrogens is 515 g/mol. The maximum Gasteiger partial charge on any atom is 0.239 e. The second-order valence-corrected chi connectivity index (χ2v) is 7.06. The first-order chi connectivity index (χ1) is 14.6. The molecule has 0 aliphatic carbocycles. The molecule has 1 aliphatic heterocycles. The molecule has 2 aromatic rings. The summed E-state index contributed by atoms with van der Waals surface area (Å²) in [4.78, 5) is 20.2. The fourth-order valence-electron chi connectivity index (χ4n) is 3.43. The predicted octanol–water partition coefficient (Wildman–Crippen LogP) is 2.64. The van der Waals surface area contributed by atoms with Crippen LogP contribution < -0.4 is 15.5 Å². The van der Waals surface area contributed by atoms with E-state index in [2.05, 4.69) is 15.6 Å². The molecule has 3 rings (SSSR count). The van der Waals surface area contributed by atoms with Crippen LogP contribution in [0.25, 0.3) is 0 Å². The molecule has 168 valence electrons. The topological polar surface area (TPSA) is 60.0 Å². The van der Waals surface area contributed by atoms with E-state index in [1.54, 1.807) is 7.05 Å². The Morgan fingerprint density at radius 1 is 1.03 bits per heavy atom. The van der Waals surface area contributed by atoms with Crippen molar-refractivity contribution in [2.75, 3.05) is 51.2 Å². The number of carbonyl (C=O) groups is 1. The first kappa shape index (κ1) is 24.8. The molecule has 6 nitrogen and oxygen atoms in total. The van der Waals surface area contributed by atoms with Crippen molar-refractivity contribution in [3.63, 3.8) is 0 Å². The van der Waals surface area contributed by atoms with Gasteiger partial charge in [-0.15, -0.1) is 24.0 Å². The first-order valence-corrected chi connectivity index (χ1v) is 10.0. The van der Waals surface area contributed by atoms with E-state index in [0.717, 1.165) is 18.6 Å². The normalized spacial score (nSPS) is 14.1. The van der Waals surface area contributed by atoms with Crippen molar-refractivity contribution < 1.29 is 13.6 Å². The molecule has 0 atom stereocenters. The Morgan fingerprint density at radius 3 is 2.42 bits per heavy atom. The molecule has 2 aromatic carbocycles. The van der Waals surface area contributed by atoms with Crippen molar-refractivity contribution in [1.82, 2.24) is 15.5 Å². The quantitative estimate of drug-likeness (QED) is 0.335. The average Bonchev–Trinajstić information content (AvgIpc) is 2.77. The molecule has 0 radical (unpaired) electrons. The third kappa shape index (κ3) is 7.34. The number of hydrogen-bond donors (Lipinski definition) is 2. The summed E-state index contributed by atoms with van der Waals surface area (Å²) in [6, 6.07) is 13.5. The van der Waals surface area contributed by atoms with Gasteiger partial charge in [0.15, 0.2) is 5.96 Å². The Balaban J connectivity index is 0.00000341. The number of carbonyl (C=O) groups excluding carboxylic acids is 1.